The van der Waals surface area contributed by atoms with Gasteiger partial charge in [0, 0.05) is 16.0 Å². The van der Waals surface area contributed by atoms with E-state index in [1.54, 1.807) is 25.1 Å². The molecular formula is C10H10Cl2O. The summed E-state index contributed by atoms with van der Waals surface area (Å²) in [5.41, 5.74) is 0.793. The van der Waals surface area contributed by atoms with E-state index in [1.807, 2.05) is 6.92 Å². The SMILES string of the molecule is CC(=O)C(C)c1cc(Cl)ccc1Cl. The smallest absolute Gasteiger partial charge is 0.137 e. The second-order valence-corrected chi connectivity index (χ2v) is 3.84. The second kappa shape index (κ2) is 4.12. The number of carbonyl (C=O) groups excluding carboxylic acids is 1. The summed E-state index contributed by atoms with van der Waals surface area (Å²) in [5, 5.41) is 1.19. The maximum atomic E-state index is 11.1. The van der Waals surface area contributed by atoms with Crippen molar-refractivity contribution in [1.82, 2.24) is 0 Å². The standard InChI is InChI=1S/C10H10Cl2O/c1-6(7(2)13)9-5-8(11)3-4-10(9)12/h3-6H,1-2H3. The molecule has 13 heavy (non-hydrogen) atoms. The molecule has 0 aliphatic carbocycles. The van der Waals surface area contributed by atoms with Crippen LogP contribution in [0.4, 0.5) is 0 Å². The van der Waals surface area contributed by atoms with Gasteiger partial charge in [-0.2, -0.15) is 0 Å². The molecular weight excluding hydrogens is 207 g/mol. The van der Waals surface area contributed by atoms with Crippen molar-refractivity contribution in [3.05, 3.63) is 33.8 Å². The Morgan fingerprint density at radius 2 is 2.00 bits per heavy atom. The normalized spacial score (nSPS) is 12.6. The molecule has 0 N–H and O–H groups in total. The molecule has 1 unspecified atom stereocenters. The lowest BCUT2D eigenvalue weighted by molar-refractivity contribution is -0.118. The Kier molecular flexibility index (Phi) is 3.34. The Balaban J connectivity index is 3.12. The number of halogens is 2. The summed E-state index contributed by atoms with van der Waals surface area (Å²) >= 11 is 11.7. The van der Waals surface area contributed by atoms with Gasteiger partial charge in [0.2, 0.25) is 0 Å². The number of hydrogen-bond donors (Lipinski definition) is 0. The van der Waals surface area contributed by atoms with E-state index in [0.29, 0.717) is 10.0 Å². The van der Waals surface area contributed by atoms with E-state index in [4.69, 9.17) is 23.2 Å². The van der Waals surface area contributed by atoms with Crippen LogP contribution < -0.4 is 0 Å². The lowest BCUT2D eigenvalue weighted by atomic mass is 9.98. The van der Waals surface area contributed by atoms with E-state index >= 15 is 0 Å². The van der Waals surface area contributed by atoms with Gasteiger partial charge < -0.3 is 0 Å². The highest BCUT2D eigenvalue weighted by molar-refractivity contribution is 6.33. The van der Waals surface area contributed by atoms with Crippen LogP contribution in [0.2, 0.25) is 10.0 Å². The molecule has 0 aliphatic heterocycles. The molecule has 0 bridgehead atoms. The molecule has 1 nitrogen and oxygen atoms in total. The Morgan fingerprint density at radius 3 is 2.54 bits per heavy atom. The third-order valence-corrected chi connectivity index (χ3v) is 2.61. The predicted octanol–water partition coefficient (Wildman–Crippen LogP) is 3.69. The van der Waals surface area contributed by atoms with E-state index in [1.165, 1.54) is 0 Å². The van der Waals surface area contributed by atoms with E-state index in [9.17, 15) is 4.79 Å². The van der Waals surface area contributed by atoms with E-state index in [0.717, 1.165) is 5.56 Å². The van der Waals surface area contributed by atoms with Gasteiger partial charge in [0.15, 0.2) is 0 Å². The average molecular weight is 217 g/mol. The summed E-state index contributed by atoms with van der Waals surface area (Å²) in [6.07, 6.45) is 0. The summed E-state index contributed by atoms with van der Waals surface area (Å²) in [6.45, 7) is 3.36. The van der Waals surface area contributed by atoms with Gasteiger partial charge in [-0.25, -0.2) is 0 Å². The van der Waals surface area contributed by atoms with Crippen LogP contribution in [0.25, 0.3) is 0 Å². The summed E-state index contributed by atoms with van der Waals surface area (Å²) < 4.78 is 0. The minimum atomic E-state index is -0.189. The first-order valence-electron chi connectivity index (χ1n) is 3.97. The van der Waals surface area contributed by atoms with Crippen molar-refractivity contribution in [2.24, 2.45) is 0 Å². The van der Waals surface area contributed by atoms with Gasteiger partial charge in [0.05, 0.1) is 0 Å². The fraction of sp³-hybridized carbons (Fsp3) is 0.300. The highest BCUT2D eigenvalue weighted by Gasteiger charge is 2.13. The highest BCUT2D eigenvalue weighted by Crippen LogP contribution is 2.27. The lowest BCUT2D eigenvalue weighted by Gasteiger charge is -2.10. The maximum absolute atomic E-state index is 11.1. The molecule has 0 fully saturated rings. The van der Waals surface area contributed by atoms with Crippen molar-refractivity contribution in [3.63, 3.8) is 0 Å². The molecule has 1 aromatic carbocycles. The zero-order valence-corrected chi connectivity index (χ0v) is 8.99. The Labute approximate surface area is 87.7 Å². The third kappa shape index (κ3) is 2.45. The predicted molar refractivity (Wildman–Crippen MR) is 55.6 cm³/mol. The average Bonchev–Trinajstić information content (AvgIpc) is 2.08. The molecule has 0 saturated heterocycles. The summed E-state index contributed by atoms with van der Waals surface area (Å²) in [5.74, 6) is -0.102. The summed E-state index contributed by atoms with van der Waals surface area (Å²) in [4.78, 5) is 11.1. The minimum Gasteiger partial charge on any atom is -0.299 e. The highest BCUT2D eigenvalue weighted by atomic mass is 35.5. The van der Waals surface area contributed by atoms with E-state index in [-0.39, 0.29) is 11.7 Å². The molecule has 0 radical (unpaired) electrons. The van der Waals surface area contributed by atoms with Gasteiger partial charge in [-0.05, 0) is 30.7 Å². The Hall–Kier alpha value is -0.530. The first-order chi connectivity index (χ1) is 6.02. The van der Waals surface area contributed by atoms with Crippen LogP contribution in [-0.4, -0.2) is 5.78 Å². The quantitative estimate of drug-likeness (QED) is 0.738. The molecule has 0 aliphatic rings. The van der Waals surface area contributed by atoms with Crippen LogP contribution in [0.15, 0.2) is 18.2 Å². The van der Waals surface area contributed by atoms with Crippen molar-refractivity contribution in [3.8, 4) is 0 Å². The van der Waals surface area contributed by atoms with Crippen molar-refractivity contribution in [1.29, 1.82) is 0 Å². The molecule has 1 rings (SSSR count). The topological polar surface area (TPSA) is 17.1 Å². The second-order valence-electron chi connectivity index (χ2n) is 3.00. The largest absolute Gasteiger partial charge is 0.299 e. The van der Waals surface area contributed by atoms with Gasteiger partial charge >= 0.3 is 0 Å². The minimum absolute atomic E-state index is 0.0872. The van der Waals surface area contributed by atoms with Crippen molar-refractivity contribution in [2.45, 2.75) is 19.8 Å². The van der Waals surface area contributed by atoms with Crippen molar-refractivity contribution >= 4 is 29.0 Å². The fourth-order valence-electron chi connectivity index (χ4n) is 1.07. The zero-order chi connectivity index (χ0) is 10.0. The van der Waals surface area contributed by atoms with Crippen LogP contribution in [0.3, 0.4) is 0 Å². The summed E-state index contributed by atoms with van der Waals surface area (Å²) in [7, 11) is 0. The molecule has 1 atom stereocenters. The van der Waals surface area contributed by atoms with Crippen LogP contribution in [-0.2, 0) is 4.79 Å². The third-order valence-electron chi connectivity index (χ3n) is 2.03. The zero-order valence-electron chi connectivity index (χ0n) is 7.47. The molecule has 0 spiro atoms. The van der Waals surface area contributed by atoms with Gasteiger partial charge in [0.1, 0.15) is 5.78 Å². The van der Waals surface area contributed by atoms with E-state index < -0.39 is 0 Å². The van der Waals surface area contributed by atoms with Crippen LogP contribution in [0, 0.1) is 0 Å². The molecule has 0 heterocycles. The number of ketones is 1. The molecule has 70 valence electrons. The van der Waals surface area contributed by atoms with Gasteiger partial charge in [-0.3, -0.25) is 4.79 Å². The number of carbonyl (C=O) groups is 1. The van der Waals surface area contributed by atoms with Crippen molar-refractivity contribution in [2.75, 3.05) is 0 Å². The van der Waals surface area contributed by atoms with Gasteiger partial charge in [0.25, 0.3) is 0 Å². The fourth-order valence-corrected chi connectivity index (χ4v) is 1.53. The van der Waals surface area contributed by atoms with E-state index in [2.05, 4.69) is 0 Å². The molecule has 0 amide bonds. The van der Waals surface area contributed by atoms with Gasteiger partial charge in [-0.15, -0.1) is 0 Å². The maximum Gasteiger partial charge on any atom is 0.137 e. The Morgan fingerprint density at radius 1 is 1.38 bits per heavy atom. The molecule has 0 saturated carbocycles. The van der Waals surface area contributed by atoms with Crippen LogP contribution >= 0.6 is 23.2 Å². The monoisotopic (exact) mass is 216 g/mol. The van der Waals surface area contributed by atoms with Crippen molar-refractivity contribution < 1.29 is 4.79 Å². The van der Waals surface area contributed by atoms with Crippen LogP contribution in [0.5, 0.6) is 0 Å². The molecule has 0 aromatic heterocycles. The molecule has 1 aromatic rings. The number of Topliss-reactive ketones (excluding diaryl/α,β-unsaturated/α-hetero) is 1. The first-order valence-corrected chi connectivity index (χ1v) is 4.73. The van der Waals surface area contributed by atoms with Gasteiger partial charge in [-0.1, -0.05) is 30.1 Å². The first kappa shape index (κ1) is 10.6. The number of benzene rings is 1. The molecule has 3 heteroatoms. The Bertz CT molecular complexity index is 334. The summed E-state index contributed by atoms with van der Waals surface area (Å²) in [6, 6.07) is 5.15. The van der Waals surface area contributed by atoms with Crippen LogP contribution in [0.1, 0.15) is 25.3 Å². The lowest BCUT2D eigenvalue weighted by Crippen LogP contribution is -2.04. The number of rotatable bonds is 2. The number of hydrogen-bond acceptors (Lipinski definition) is 1.